The van der Waals surface area contributed by atoms with Crippen molar-refractivity contribution in [3.8, 4) is 0 Å². The van der Waals surface area contributed by atoms with Crippen LogP contribution in [0, 0.1) is 12.3 Å². The molecule has 0 aliphatic carbocycles. The van der Waals surface area contributed by atoms with Gasteiger partial charge >= 0.3 is 0 Å². The number of anilines is 1. The summed E-state index contributed by atoms with van der Waals surface area (Å²) in [5, 5.41) is 16.4. The molecule has 0 aromatic heterocycles. The minimum Gasteiger partial charge on any atom is -0.395 e. The van der Waals surface area contributed by atoms with E-state index >= 15 is 0 Å². The molecule has 1 saturated heterocycles. The lowest BCUT2D eigenvalue weighted by Crippen LogP contribution is -2.47. The zero-order valence-electron chi connectivity index (χ0n) is 11.4. The maximum atomic E-state index is 8.94. The average Bonchev–Trinajstić information content (AvgIpc) is 2.40. The molecule has 0 saturated carbocycles. The Morgan fingerprint density at radius 1 is 1.32 bits per heavy atom. The van der Waals surface area contributed by atoms with Crippen molar-refractivity contribution in [2.45, 2.75) is 6.92 Å². The van der Waals surface area contributed by atoms with Gasteiger partial charge in [-0.15, -0.1) is 0 Å². The molecule has 1 aliphatic heterocycles. The van der Waals surface area contributed by atoms with Gasteiger partial charge in [0.25, 0.3) is 0 Å². The molecule has 5 heteroatoms. The smallest absolute Gasteiger partial charge is 0.122 e. The van der Waals surface area contributed by atoms with Crippen molar-refractivity contribution in [2.75, 3.05) is 44.2 Å². The van der Waals surface area contributed by atoms with Crippen LogP contribution in [0.5, 0.6) is 0 Å². The number of nitrogens with one attached hydrogen (secondary N) is 1. The predicted octanol–water partition coefficient (Wildman–Crippen LogP) is 0.393. The number of nitrogens with zero attached hydrogens (tertiary/aromatic N) is 2. The highest BCUT2D eigenvalue weighted by molar-refractivity contribution is 5.95. The fourth-order valence-electron chi connectivity index (χ4n) is 2.53. The molecule has 0 radical (unpaired) electrons. The minimum absolute atomic E-state index is 0.113. The van der Waals surface area contributed by atoms with Gasteiger partial charge in [-0.1, -0.05) is 0 Å². The first-order valence-corrected chi connectivity index (χ1v) is 6.65. The number of piperazine rings is 1. The lowest BCUT2D eigenvalue weighted by molar-refractivity contribution is 0.188. The van der Waals surface area contributed by atoms with E-state index in [9.17, 15) is 0 Å². The maximum absolute atomic E-state index is 8.94. The summed E-state index contributed by atoms with van der Waals surface area (Å²) in [7, 11) is 0. The number of aryl methyl sites for hydroxylation is 1. The first-order valence-electron chi connectivity index (χ1n) is 6.65. The quantitative estimate of drug-likeness (QED) is 0.542. The fraction of sp³-hybridized carbons (Fsp3) is 0.500. The number of aliphatic hydroxyl groups is 1. The number of hydrogen-bond donors (Lipinski definition) is 3. The third-order valence-electron chi connectivity index (χ3n) is 3.64. The highest BCUT2D eigenvalue weighted by atomic mass is 16.3. The van der Waals surface area contributed by atoms with Gasteiger partial charge in [-0.05, 0) is 30.7 Å². The van der Waals surface area contributed by atoms with Crippen LogP contribution in [0.3, 0.4) is 0 Å². The monoisotopic (exact) mass is 262 g/mol. The summed E-state index contributed by atoms with van der Waals surface area (Å²) in [4.78, 5) is 4.63. The molecule has 4 N–H and O–H groups in total. The van der Waals surface area contributed by atoms with E-state index in [0.717, 1.165) is 43.9 Å². The summed E-state index contributed by atoms with van der Waals surface area (Å²) in [6.45, 7) is 6.95. The SMILES string of the molecule is Cc1cc(C(=N)N)ccc1N1CCN(CCO)CC1. The number of nitrogen functional groups attached to an aromatic ring is 1. The highest BCUT2D eigenvalue weighted by Gasteiger charge is 2.18. The molecular weight excluding hydrogens is 240 g/mol. The molecule has 1 aliphatic rings. The molecule has 19 heavy (non-hydrogen) atoms. The summed E-state index contributed by atoms with van der Waals surface area (Å²) >= 11 is 0. The molecular formula is C14H22N4O. The van der Waals surface area contributed by atoms with Gasteiger partial charge in [0.2, 0.25) is 0 Å². The normalized spacial score (nSPS) is 16.6. The molecule has 0 spiro atoms. The Hall–Kier alpha value is -1.59. The van der Waals surface area contributed by atoms with Crippen molar-refractivity contribution in [1.82, 2.24) is 4.90 Å². The van der Waals surface area contributed by atoms with Crippen molar-refractivity contribution in [1.29, 1.82) is 5.41 Å². The van der Waals surface area contributed by atoms with Crippen molar-refractivity contribution in [3.63, 3.8) is 0 Å². The van der Waals surface area contributed by atoms with Gasteiger partial charge in [-0.25, -0.2) is 0 Å². The van der Waals surface area contributed by atoms with Crippen LogP contribution in [0.4, 0.5) is 5.69 Å². The third-order valence-corrected chi connectivity index (χ3v) is 3.64. The Labute approximate surface area is 114 Å². The maximum Gasteiger partial charge on any atom is 0.122 e. The van der Waals surface area contributed by atoms with Crippen LogP contribution in [-0.2, 0) is 0 Å². The predicted molar refractivity (Wildman–Crippen MR) is 77.9 cm³/mol. The fourth-order valence-corrected chi connectivity index (χ4v) is 2.53. The largest absolute Gasteiger partial charge is 0.395 e. The Kier molecular flexibility index (Phi) is 4.39. The molecule has 0 atom stereocenters. The van der Waals surface area contributed by atoms with Crippen LogP contribution in [0.1, 0.15) is 11.1 Å². The van der Waals surface area contributed by atoms with Gasteiger partial charge < -0.3 is 15.7 Å². The molecule has 0 unspecified atom stereocenters. The number of hydrogen-bond acceptors (Lipinski definition) is 4. The molecule has 5 nitrogen and oxygen atoms in total. The van der Waals surface area contributed by atoms with E-state index in [0.29, 0.717) is 0 Å². The molecule has 2 rings (SSSR count). The molecule has 1 aromatic carbocycles. The van der Waals surface area contributed by atoms with Crippen LogP contribution >= 0.6 is 0 Å². The van der Waals surface area contributed by atoms with Gasteiger partial charge in [0, 0.05) is 44.0 Å². The molecule has 1 aromatic rings. The van der Waals surface area contributed by atoms with Crippen molar-refractivity contribution >= 4 is 11.5 Å². The summed E-state index contributed by atoms with van der Waals surface area (Å²) in [6, 6.07) is 5.93. The van der Waals surface area contributed by atoms with Gasteiger partial charge in [0.05, 0.1) is 6.61 Å². The average molecular weight is 262 g/mol. The second kappa shape index (κ2) is 6.04. The first-order chi connectivity index (χ1) is 9.11. The van der Waals surface area contributed by atoms with Crippen LogP contribution in [-0.4, -0.2) is 55.2 Å². The second-order valence-corrected chi connectivity index (χ2v) is 4.97. The number of rotatable bonds is 4. The van der Waals surface area contributed by atoms with Crippen LogP contribution in [0.2, 0.25) is 0 Å². The minimum atomic E-state index is 0.113. The zero-order valence-corrected chi connectivity index (χ0v) is 11.4. The Morgan fingerprint density at radius 3 is 2.53 bits per heavy atom. The lowest BCUT2D eigenvalue weighted by atomic mass is 10.1. The standard InChI is InChI=1S/C14H22N4O/c1-11-10-12(14(15)16)2-3-13(11)18-6-4-17(5-7-18)8-9-19/h2-3,10,19H,4-9H2,1H3,(H3,15,16). The van der Waals surface area contributed by atoms with Crippen molar-refractivity contribution in [3.05, 3.63) is 29.3 Å². The molecule has 1 fully saturated rings. The first kappa shape index (κ1) is 13.8. The summed E-state index contributed by atoms with van der Waals surface area (Å²) in [5.41, 5.74) is 8.65. The summed E-state index contributed by atoms with van der Waals surface area (Å²) in [5.74, 6) is 0.113. The van der Waals surface area contributed by atoms with Gasteiger partial charge in [0.1, 0.15) is 5.84 Å². The van der Waals surface area contributed by atoms with Crippen LogP contribution in [0.25, 0.3) is 0 Å². The topological polar surface area (TPSA) is 76.6 Å². The Balaban J connectivity index is 2.05. The molecule has 1 heterocycles. The van der Waals surface area contributed by atoms with E-state index in [1.54, 1.807) is 0 Å². The second-order valence-electron chi connectivity index (χ2n) is 4.97. The number of benzene rings is 1. The van der Waals surface area contributed by atoms with Gasteiger partial charge in [0.15, 0.2) is 0 Å². The van der Waals surface area contributed by atoms with E-state index in [1.807, 2.05) is 18.2 Å². The molecule has 104 valence electrons. The highest BCUT2D eigenvalue weighted by Crippen LogP contribution is 2.22. The number of amidine groups is 1. The van der Waals surface area contributed by atoms with E-state index in [-0.39, 0.29) is 12.4 Å². The molecule has 0 bridgehead atoms. The Bertz CT molecular complexity index is 453. The van der Waals surface area contributed by atoms with E-state index in [1.165, 1.54) is 5.69 Å². The number of nitrogens with two attached hydrogens (primary N) is 1. The van der Waals surface area contributed by atoms with E-state index < -0.39 is 0 Å². The van der Waals surface area contributed by atoms with E-state index in [2.05, 4.69) is 16.7 Å². The van der Waals surface area contributed by atoms with Crippen LogP contribution in [0.15, 0.2) is 18.2 Å². The van der Waals surface area contributed by atoms with Gasteiger partial charge in [-0.3, -0.25) is 10.3 Å². The van der Waals surface area contributed by atoms with Crippen LogP contribution < -0.4 is 10.6 Å². The number of β-amino-alcohol motifs (C(OH)–C–C–N with tert-alkyl or cyclic N) is 1. The van der Waals surface area contributed by atoms with E-state index in [4.69, 9.17) is 16.2 Å². The zero-order chi connectivity index (χ0) is 13.8. The molecule has 0 amide bonds. The van der Waals surface area contributed by atoms with Gasteiger partial charge in [-0.2, -0.15) is 0 Å². The Morgan fingerprint density at radius 2 is 2.00 bits per heavy atom. The summed E-state index contributed by atoms with van der Waals surface area (Å²) in [6.07, 6.45) is 0. The van der Waals surface area contributed by atoms with Crippen molar-refractivity contribution < 1.29 is 5.11 Å². The summed E-state index contributed by atoms with van der Waals surface area (Å²) < 4.78 is 0. The number of aliphatic hydroxyl groups excluding tert-OH is 1. The lowest BCUT2D eigenvalue weighted by Gasteiger charge is -2.36. The van der Waals surface area contributed by atoms with Crippen molar-refractivity contribution in [2.24, 2.45) is 5.73 Å². The third kappa shape index (κ3) is 3.24.